The van der Waals surface area contributed by atoms with Gasteiger partial charge in [0.1, 0.15) is 0 Å². The van der Waals surface area contributed by atoms with E-state index in [-0.39, 0.29) is 11.9 Å². The van der Waals surface area contributed by atoms with Gasteiger partial charge in [-0.05, 0) is 30.5 Å². The summed E-state index contributed by atoms with van der Waals surface area (Å²) in [6, 6.07) is 7.00. The molecule has 1 aromatic rings. The Hall–Kier alpha value is -1.84. The predicted molar refractivity (Wildman–Crippen MR) is 65.5 cm³/mol. The number of hydrogen-bond acceptors (Lipinski definition) is 3. The van der Waals surface area contributed by atoms with Gasteiger partial charge in [0.25, 0.3) is 0 Å². The molecule has 2 rings (SSSR count). The normalized spacial score (nSPS) is 25.6. The SMILES string of the molecule is CC[C@@]1(C(=O)O)CC1c1ccc(C(=O)OC)cc1. The molecular weight excluding hydrogens is 232 g/mol. The molecule has 0 aromatic heterocycles. The van der Waals surface area contributed by atoms with Crippen LogP contribution < -0.4 is 0 Å². The lowest BCUT2D eigenvalue weighted by atomic mass is 9.96. The van der Waals surface area contributed by atoms with Crippen molar-refractivity contribution in [3.63, 3.8) is 0 Å². The first-order valence-corrected chi connectivity index (χ1v) is 5.97. The Morgan fingerprint density at radius 3 is 2.39 bits per heavy atom. The number of esters is 1. The third kappa shape index (κ3) is 1.88. The average molecular weight is 248 g/mol. The van der Waals surface area contributed by atoms with E-state index in [2.05, 4.69) is 4.74 Å². The van der Waals surface area contributed by atoms with Crippen LogP contribution in [-0.2, 0) is 9.53 Å². The Kier molecular flexibility index (Phi) is 3.11. The summed E-state index contributed by atoms with van der Waals surface area (Å²) >= 11 is 0. The molecule has 0 spiro atoms. The first kappa shape index (κ1) is 12.6. The van der Waals surface area contributed by atoms with Crippen molar-refractivity contribution in [3.05, 3.63) is 35.4 Å². The molecule has 1 fully saturated rings. The number of hydrogen-bond donors (Lipinski definition) is 1. The fraction of sp³-hybridized carbons (Fsp3) is 0.429. The predicted octanol–water partition coefficient (Wildman–Crippen LogP) is 2.44. The molecule has 1 aromatic carbocycles. The quantitative estimate of drug-likeness (QED) is 0.831. The highest BCUT2D eigenvalue weighted by atomic mass is 16.5. The molecule has 0 aliphatic heterocycles. The minimum absolute atomic E-state index is 0.0618. The van der Waals surface area contributed by atoms with E-state index in [1.54, 1.807) is 12.1 Å². The van der Waals surface area contributed by atoms with Gasteiger partial charge in [-0.1, -0.05) is 19.1 Å². The van der Waals surface area contributed by atoms with Gasteiger partial charge in [0.15, 0.2) is 0 Å². The van der Waals surface area contributed by atoms with Crippen LogP contribution in [0.15, 0.2) is 24.3 Å². The van der Waals surface area contributed by atoms with E-state index in [0.717, 1.165) is 5.56 Å². The van der Waals surface area contributed by atoms with E-state index in [0.29, 0.717) is 18.4 Å². The third-order valence-electron chi connectivity index (χ3n) is 3.87. The molecule has 1 unspecified atom stereocenters. The minimum Gasteiger partial charge on any atom is -0.481 e. The smallest absolute Gasteiger partial charge is 0.337 e. The fourth-order valence-electron chi connectivity index (χ4n) is 2.49. The summed E-state index contributed by atoms with van der Waals surface area (Å²) in [5.74, 6) is -1.05. The number of carbonyl (C=O) groups excluding carboxylic acids is 1. The zero-order chi connectivity index (χ0) is 13.3. The van der Waals surface area contributed by atoms with Crippen LogP contribution in [0.25, 0.3) is 0 Å². The van der Waals surface area contributed by atoms with E-state index in [1.807, 2.05) is 19.1 Å². The molecule has 0 amide bonds. The lowest BCUT2D eigenvalue weighted by molar-refractivity contribution is -0.143. The fourth-order valence-corrected chi connectivity index (χ4v) is 2.49. The van der Waals surface area contributed by atoms with E-state index in [9.17, 15) is 14.7 Å². The molecule has 4 nitrogen and oxygen atoms in total. The summed E-state index contributed by atoms with van der Waals surface area (Å²) in [7, 11) is 1.34. The maximum atomic E-state index is 11.3. The van der Waals surface area contributed by atoms with E-state index in [1.165, 1.54) is 7.11 Å². The number of rotatable bonds is 4. The van der Waals surface area contributed by atoms with Gasteiger partial charge in [-0.3, -0.25) is 4.79 Å². The lowest BCUT2D eigenvalue weighted by Crippen LogP contribution is -2.15. The Morgan fingerprint density at radius 2 is 2.00 bits per heavy atom. The first-order valence-electron chi connectivity index (χ1n) is 5.97. The van der Waals surface area contributed by atoms with Crippen molar-refractivity contribution < 1.29 is 19.4 Å². The lowest BCUT2D eigenvalue weighted by Gasteiger charge is -2.09. The monoisotopic (exact) mass is 248 g/mol. The van der Waals surface area contributed by atoms with Crippen LogP contribution in [0.2, 0.25) is 0 Å². The first-order chi connectivity index (χ1) is 8.55. The Morgan fingerprint density at radius 1 is 1.39 bits per heavy atom. The Bertz CT molecular complexity index is 477. The summed E-state index contributed by atoms with van der Waals surface area (Å²) in [5, 5.41) is 9.24. The van der Waals surface area contributed by atoms with Gasteiger partial charge < -0.3 is 9.84 Å². The molecule has 0 saturated heterocycles. The van der Waals surface area contributed by atoms with Gasteiger partial charge in [-0.2, -0.15) is 0 Å². The maximum absolute atomic E-state index is 11.3. The van der Waals surface area contributed by atoms with Crippen molar-refractivity contribution in [2.24, 2.45) is 5.41 Å². The van der Waals surface area contributed by atoms with Gasteiger partial charge in [0, 0.05) is 5.92 Å². The number of carboxylic acid groups (broad SMARTS) is 1. The van der Waals surface area contributed by atoms with Gasteiger partial charge >= 0.3 is 11.9 Å². The number of ether oxygens (including phenoxy) is 1. The molecule has 0 heterocycles. The number of carbonyl (C=O) groups is 2. The average Bonchev–Trinajstić information content (AvgIpc) is 3.14. The molecule has 2 atom stereocenters. The molecule has 0 bridgehead atoms. The van der Waals surface area contributed by atoms with Gasteiger partial charge in [-0.15, -0.1) is 0 Å². The molecule has 96 valence electrons. The number of carboxylic acids is 1. The number of aliphatic carboxylic acids is 1. The van der Waals surface area contributed by atoms with Crippen LogP contribution in [0.4, 0.5) is 0 Å². The maximum Gasteiger partial charge on any atom is 0.337 e. The molecular formula is C14H16O4. The largest absolute Gasteiger partial charge is 0.481 e. The highest BCUT2D eigenvalue weighted by molar-refractivity contribution is 5.89. The van der Waals surface area contributed by atoms with Crippen LogP contribution >= 0.6 is 0 Å². The minimum atomic E-state index is -0.730. The van der Waals surface area contributed by atoms with Crippen LogP contribution in [0, 0.1) is 5.41 Å². The van der Waals surface area contributed by atoms with E-state index < -0.39 is 11.4 Å². The van der Waals surface area contributed by atoms with Crippen molar-refractivity contribution in [1.82, 2.24) is 0 Å². The molecule has 0 radical (unpaired) electrons. The van der Waals surface area contributed by atoms with Crippen LogP contribution in [0.1, 0.15) is 41.6 Å². The van der Waals surface area contributed by atoms with Crippen molar-refractivity contribution in [3.8, 4) is 0 Å². The summed E-state index contributed by atoms with van der Waals surface area (Å²) in [6.07, 6.45) is 1.31. The second-order valence-electron chi connectivity index (χ2n) is 4.69. The Labute approximate surface area is 106 Å². The van der Waals surface area contributed by atoms with Gasteiger partial charge in [0.2, 0.25) is 0 Å². The molecule has 18 heavy (non-hydrogen) atoms. The Balaban J connectivity index is 2.18. The molecule has 1 aliphatic rings. The number of methoxy groups -OCH3 is 1. The van der Waals surface area contributed by atoms with Crippen molar-refractivity contribution in [2.75, 3.05) is 7.11 Å². The summed E-state index contributed by atoms with van der Waals surface area (Å²) in [6.45, 7) is 1.90. The highest BCUT2D eigenvalue weighted by Crippen LogP contribution is 2.61. The summed E-state index contributed by atoms with van der Waals surface area (Å²) in [5.41, 5.74) is 0.860. The molecule has 1 N–H and O–H groups in total. The highest BCUT2D eigenvalue weighted by Gasteiger charge is 2.59. The second kappa shape index (κ2) is 4.44. The van der Waals surface area contributed by atoms with Crippen LogP contribution in [-0.4, -0.2) is 24.2 Å². The van der Waals surface area contributed by atoms with Gasteiger partial charge in [0.05, 0.1) is 18.1 Å². The van der Waals surface area contributed by atoms with E-state index >= 15 is 0 Å². The molecule has 4 heteroatoms. The summed E-state index contributed by atoms with van der Waals surface area (Å²) < 4.78 is 4.62. The third-order valence-corrected chi connectivity index (χ3v) is 3.87. The number of benzene rings is 1. The van der Waals surface area contributed by atoms with E-state index in [4.69, 9.17) is 0 Å². The zero-order valence-electron chi connectivity index (χ0n) is 10.5. The molecule has 1 aliphatic carbocycles. The van der Waals surface area contributed by atoms with Crippen LogP contribution in [0.3, 0.4) is 0 Å². The summed E-state index contributed by atoms with van der Waals surface area (Å²) in [4.78, 5) is 22.5. The van der Waals surface area contributed by atoms with Crippen LogP contribution in [0.5, 0.6) is 0 Å². The van der Waals surface area contributed by atoms with Crippen molar-refractivity contribution in [2.45, 2.75) is 25.7 Å². The van der Waals surface area contributed by atoms with Crippen molar-refractivity contribution in [1.29, 1.82) is 0 Å². The zero-order valence-corrected chi connectivity index (χ0v) is 10.5. The molecule has 1 saturated carbocycles. The second-order valence-corrected chi connectivity index (χ2v) is 4.69. The van der Waals surface area contributed by atoms with Gasteiger partial charge in [-0.25, -0.2) is 4.79 Å². The topological polar surface area (TPSA) is 63.6 Å². The van der Waals surface area contributed by atoms with Crippen molar-refractivity contribution >= 4 is 11.9 Å². The standard InChI is InChI=1S/C14H16O4/c1-3-14(13(16)17)8-11(14)9-4-6-10(7-5-9)12(15)18-2/h4-7,11H,3,8H2,1-2H3,(H,16,17)/t11?,14-/m1/s1.